The smallest absolute Gasteiger partial charge is 0.308 e. The molecule has 1 aliphatic rings. The molecule has 0 bridgehead atoms. The van der Waals surface area contributed by atoms with E-state index in [1.807, 2.05) is 6.07 Å². The van der Waals surface area contributed by atoms with Gasteiger partial charge in [0.15, 0.2) is 0 Å². The first-order valence-electron chi connectivity index (χ1n) is 6.73. The first-order valence-corrected chi connectivity index (χ1v) is 7.53. The first kappa shape index (κ1) is 14.5. The molecule has 0 spiro atoms. The SMILES string of the molecule is COC(=O)C1CCN(CCc2cccc(Br)c2)CC1. The Bertz CT molecular complexity index is 428. The monoisotopic (exact) mass is 325 g/mol. The van der Waals surface area contributed by atoms with E-state index < -0.39 is 0 Å². The number of ether oxygens (including phenoxy) is 1. The molecule has 1 aromatic rings. The van der Waals surface area contributed by atoms with Crippen LogP contribution in [0.5, 0.6) is 0 Å². The van der Waals surface area contributed by atoms with Crippen LogP contribution in [0, 0.1) is 5.92 Å². The van der Waals surface area contributed by atoms with Crippen LogP contribution in [0.3, 0.4) is 0 Å². The Kier molecular flexibility index (Phi) is 5.40. The number of likely N-dealkylation sites (tertiary alicyclic amines) is 1. The average Bonchev–Trinajstić information content (AvgIpc) is 2.45. The molecule has 2 rings (SSSR count). The molecule has 1 aliphatic heterocycles. The number of hydrogen-bond acceptors (Lipinski definition) is 3. The van der Waals surface area contributed by atoms with Crippen molar-refractivity contribution in [1.29, 1.82) is 0 Å². The molecule has 0 aliphatic carbocycles. The molecule has 1 heterocycles. The van der Waals surface area contributed by atoms with Crippen LogP contribution in [-0.4, -0.2) is 37.6 Å². The zero-order valence-electron chi connectivity index (χ0n) is 11.3. The Balaban J connectivity index is 1.75. The number of carbonyl (C=O) groups excluding carboxylic acids is 1. The number of esters is 1. The van der Waals surface area contributed by atoms with E-state index in [1.165, 1.54) is 12.7 Å². The van der Waals surface area contributed by atoms with Gasteiger partial charge in [0.05, 0.1) is 13.0 Å². The number of methoxy groups -OCH3 is 1. The minimum Gasteiger partial charge on any atom is -0.469 e. The summed E-state index contributed by atoms with van der Waals surface area (Å²) < 4.78 is 5.94. The lowest BCUT2D eigenvalue weighted by atomic mass is 9.97. The fourth-order valence-corrected chi connectivity index (χ4v) is 2.99. The topological polar surface area (TPSA) is 29.5 Å². The summed E-state index contributed by atoms with van der Waals surface area (Å²) in [5.41, 5.74) is 1.35. The van der Waals surface area contributed by atoms with Crippen molar-refractivity contribution in [2.24, 2.45) is 5.92 Å². The molecule has 0 atom stereocenters. The van der Waals surface area contributed by atoms with Crippen molar-refractivity contribution >= 4 is 21.9 Å². The third-order valence-corrected chi connectivity index (χ3v) is 4.22. The number of hydrogen-bond donors (Lipinski definition) is 0. The van der Waals surface area contributed by atoms with Crippen LogP contribution in [0.15, 0.2) is 28.7 Å². The Morgan fingerprint density at radius 1 is 1.42 bits per heavy atom. The van der Waals surface area contributed by atoms with Gasteiger partial charge in [-0.05, 0) is 50.0 Å². The van der Waals surface area contributed by atoms with E-state index in [0.717, 1.165) is 43.4 Å². The van der Waals surface area contributed by atoms with Crippen molar-refractivity contribution in [2.75, 3.05) is 26.7 Å². The molecule has 1 saturated heterocycles. The van der Waals surface area contributed by atoms with Crippen LogP contribution in [0.25, 0.3) is 0 Å². The van der Waals surface area contributed by atoms with Crippen LogP contribution in [-0.2, 0) is 16.0 Å². The van der Waals surface area contributed by atoms with Crippen LogP contribution < -0.4 is 0 Å². The Morgan fingerprint density at radius 3 is 2.79 bits per heavy atom. The summed E-state index contributed by atoms with van der Waals surface area (Å²) in [5.74, 6) is 0.0544. The van der Waals surface area contributed by atoms with Gasteiger partial charge in [-0.15, -0.1) is 0 Å². The Morgan fingerprint density at radius 2 is 2.16 bits per heavy atom. The lowest BCUT2D eigenvalue weighted by Gasteiger charge is -2.30. The zero-order valence-corrected chi connectivity index (χ0v) is 12.9. The lowest BCUT2D eigenvalue weighted by Crippen LogP contribution is -2.37. The second-order valence-corrected chi connectivity index (χ2v) is 5.93. The van der Waals surface area contributed by atoms with Gasteiger partial charge in [0, 0.05) is 11.0 Å². The van der Waals surface area contributed by atoms with Gasteiger partial charge >= 0.3 is 5.97 Å². The van der Waals surface area contributed by atoms with E-state index in [1.54, 1.807) is 0 Å². The van der Waals surface area contributed by atoms with Crippen molar-refractivity contribution in [1.82, 2.24) is 4.90 Å². The van der Waals surface area contributed by atoms with Crippen molar-refractivity contribution in [3.63, 3.8) is 0 Å². The number of benzene rings is 1. The summed E-state index contributed by atoms with van der Waals surface area (Å²) >= 11 is 3.49. The summed E-state index contributed by atoms with van der Waals surface area (Å²) in [6, 6.07) is 8.45. The molecule has 104 valence electrons. The first-order chi connectivity index (χ1) is 9.19. The van der Waals surface area contributed by atoms with Gasteiger partial charge in [0.2, 0.25) is 0 Å². The van der Waals surface area contributed by atoms with Gasteiger partial charge in [-0.25, -0.2) is 0 Å². The number of piperidine rings is 1. The van der Waals surface area contributed by atoms with E-state index >= 15 is 0 Å². The number of nitrogens with zero attached hydrogens (tertiary/aromatic N) is 1. The van der Waals surface area contributed by atoms with Crippen molar-refractivity contribution in [3.05, 3.63) is 34.3 Å². The normalized spacial score (nSPS) is 17.4. The molecular formula is C15H20BrNO2. The fraction of sp³-hybridized carbons (Fsp3) is 0.533. The van der Waals surface area contributed by atoms with Gasteiger partial charge in [-0.1, -0.05) is 28.1 Å². The van der Waals surface area contributed by atoms with E-state index in [0.29, 0.717) is 0 Å². The van der Waals surface area contributed by atoms with E-state index in [-0.39, 0.29) is 11.9 Å². The van der Waals surface area contributed by atoms with Crippen molar-refractivity contribution in [3.8, 4) is 0 Å². The van der Waals surface area contributed by atoms with Gasteiger partial charge in [0.1, 0.15) is 0 Å². The molecule has 0 amide bonds. The minimum atomic E-state index is -0.0494. The lowest BCUT2D eigenvalue weighted by molar-refractivity contribution is -0.147. The largest absolute Gasteiger partial charge is 0.469 e. The highest BCUT2D eigenvalue weighted by atomic mass is 79.9. The predicted molar refractivity (Wildman–Crippen MR) is 79.0 cm³/mol. The molecule has 0 N–H and O–H groups in total. The van der Waals surface area contributed by atoms with Crippen LogP contribution >= 0.6 is 15.9 Å². The third kappa shape index (κ3) is 4.32. The number of halogens is 1. The van der Waals surface area contributed by atoms with Crippen molar-refractivity contribution < 1.29 is 9.53 Å². The molecule has 0 unspecified atom stereocenters. The summed E-state index contributed by atoms with van der Waals surface area (Å²) in [4.78, 5) is 13.9. The Labute approximate surface area is 123 Å². The maximum Gasteiger partial charge on any atom is 0.308 e. The molecular weight excluding hydrogens is 306 g/mol. The summed E-state index contributed by atoms with van der Waals surface area (Å²) in [5, 5.41) is 0. The van der Waals surface area contributed by atoms with Crippen LogP contribution in [0.2, 0.25) is 0 Å². The second-order valence-electron chi connectivity index (χ2n) is 5.02. The maximum atomic E-state index is 11.4. The molecule has 0 aromatic heterocycles. The quantitative estimate of drug-likeness (QED) is 0.797. The highest BCUT2D eigenvalue weighted by Gasteiger charge is 2.25. The van der Waals surface area contributed by atoms with E-state index in [4.69, 9.17) is 4.74 Å². The van der Waals surface area contributed by atoms with Crippen LogP contribution in [0.1, 0.15) is 18.4 Å². The second kappa shape index (κ2) is 7.06. The molecule has 0 saturated carbocycles. The molecule has 0 radical (unpaired) electrons. The van der Waals surface area contributed by atoms with Gasteiger partial charge in [-0.3, -0.25) is 4.79 Å². The summed E-state index contributed by atoms with van der Waals surface area (Å²) in [6.07, 6.45) is 2.90. The van der Waals surface area contributed by atoms with E-state index in [9.17, 15) is 4.79 Å². The summed E-state index contributed by atoms with van der Waals surface area (Å²) in [7, 11) is 1.47. The minimum absolute atomic E-state index is 0.0494. The Hall–Kier alpha value is -0.870. The third-order valence-electron chi connectivity index (χ3n) is 3.73. The predicted octanol–water partition coefficient (Wildman–Crippen LogP) is 2.88. The zero-order chi connectivity index (χ0) is 13.7. The van der Waals surface area contributed by atoms with Gasteiger partial charge in [0.25, 0.3) is 0 Å². The molecule has 1 aromatic carbocycles. The number of rotatable bonds is 4. The molecule has 3 nitrogen and oxygen atoms in total. The maximum absolute atomic E-state index is 11.4. The molecule has 19 heavy (non-hydrogen) atoms. The average molecular weight is 326 g/mol. The highest BCUT2D eigenvalue weighted by molar-refractivity contribution is 9.10. The van der Waals surface area contributed by atoms with Crippen LogP contribution in [0.4, 0.5) is 0 Å². The highest BCUT2D eigenvalue weighted by Crippen LogP contribution is 2.19. The van der Waals surface area contributed by atoms with Gasteiger partial charge < -0.3 is 9.64 Å². The van der Waals surface area contributed by atoms with E-state index in [2.05, 4.69) is 39.0 Å². The standard InChI is InChI=1S/C15H20BrNO2/c1-19-15(18)13-6-9-17(10-7-13)8-5-12-3-2-4-14(16)11-12/h2-4,11,13H,5-10H2,1H3. The van der Waals surface area contributed by atoms with Gasteiger partial charge in [-0.2, -0.15) is 0 Å². The fourth-order valence-electron chi connectivity index (χ4n) is 2.54. The summed E-state index contributed by atoms with van der Waals surface area (Å²) in [6.45, 7) is 3.05. The van der Waals surface area contributed by atoms with Crippen molar-refractivity contribution in [2.45, 2.75) is 19.3 Å². The molecule has 4 heteroatoms. The molecule has 1 fully saturated rings. The number of carbonyl (C=O) groups is 1.